The molecule has 26 heavy (non-hydrogen) atoms. The Kier molecular flexibility index (Phi) is 4.95. The molecule has 2 saturated heterocycles. The molecule has 0 N–H and O–H groups in total. The van der Waals surface area contributed by atoms with Crippen molar-refractivity contribution in [2.45, 2.75) is 64.1 Å². The van der Waals surface area contributed by atoms with Crippen LogP contribution in [0.2, 0.25) is 0 Å². The Labute approximate surface area is 153 Å². The van der Waals surface area contributed by atoms with E-state index in [-0.39, 0.29) is 35.6 Å². The van der Waals surface area contributed by atoms with Crippen LogP contribution >= 0.6 is 0 Å². The summed E-state index contributed by atoms with van der Waals surface area (Å²) in [5.41, 5.74) is -0.0771. The van der Waals surface area contributed by atoms with E-state index in [9.17, 15) is 14.0 Å². The van der Waals surface area contributed by atoms with E-state index in [1.54, 1.807) is 0 Å². The Balaban J connectivity index is 1.72. The third-order valence-electron chi connectivity index (χ3n) is 5.14. The number of carbonyl (C=O) groups excluding carboxylic acids is 2. The molecular weight excluding hydrogens is 337 g/mol. The van der Waals surface area contributed by atoms with Gasteiger partial charge in [-0.25, -0.2) is 9.18 Å². The van der Waals surface area contributed by atoms with E-state index >= 15 is 0 Å². The normalized spacial score (nSPS) is 25.1. The molecule has 2 aliphatic heterocycles. The molecule has 0 spiro atoms. The smallest absolute Gasteiger partial charge is 0.410 e. The van der Waals surface area contributed by atoms with Gasteiger partial charge in [0.25, 0.3) is 0 Å². The highest BCUT2D eigenvalue weighted by Gasteiger charge is 2.46. The number of ether oxygens (including phenoxy) is 2. The molecule has 2 heterocycles. The lowest BCUT2D eigenvalue weighted by Gasteiger charge is -2.39. The summed E-state index contributed by atoms with van der Waals surface area (Å²) in [6.45, 7) is 5.56. The number of ketones is 1. The summed E-state index contributed by atoms with van der Waals surface area (Å²) in [5.74, 6) is -0.584. The average Bonchev–Trinajstić information content (AvgIpc) is 2.83. The molecule has 1 aromatic carbocycles. The number of fused-ring (bicyclic) bond motifs is 2. The summed E-state index contributed by atoms with van der Waals surface area (Å²) >= 11 is 0. The Morgan fingerprint density at radius 2 is 1.77 bits per heavy atom. The highest BCUT2D eigenvalue weighted by Crippen LogP contribution is 2.41. The van der Waals surface area contributed by atoms with Crippen molar-refractivity contribution < 1.29 is 23.5 Å². The third-order valence-corrected chi connectivity index (χ3v) is 5.14. The van der Waals surface area contributed by atoms with Crippen LogP contribution in [0.3, 0.4) is 0 Å². The van der Waals surface area contributed by atoms with Gasteiger partial charge in [-0.05, 0) is 64.7 Å². The van der Waals surface area contributed by atoms with Gasteiger partial charge < -0.3 is 14.4 Å². The molecule has 1 amide bonds. The maximum Gasteiger partial charge on any atom is 0.410 e. The SMILES string of the molecule is COc1cc(C(=O)C2CC3CCC(C2)N3C(=O)OC(C)(C)C)ccc1F. The molecule has 0 aliphatic carbocycles. The molecule has 0 saturated carbocycles. The van der Waals surface area contributed by atoms with Gasteiger partial charge in [0.1, 0.15) is 5.60 Å². The predicted molar refractivity (Wildman–Crippen MR) is 94.9 cm³/mol. The molecule has 2 unspecified atom stereocenters. The Morgan fingerprint density at radius 1 is 1.15 bits per heavy atom. The van der Waals surface area contributed by atoms with Crippen molar-refractivity contribution in [3.63, 3.8) is 0 Å². The van der Waals surface area contributed by atoms with Gasteiger partial charge >= 0.3 is 6.09 Å². The number of hydrogen-bond donors (Lipinski definition) is 0. The van der Waals surface area contributed by atoms with Gasteiger partial charge in [0.2, 0.25) is 0 Å². The van der Waals surface area contributed by atoms with Gasteiger partial charge in [-0.3, -0.25) is 4.79 Å². The first-order valence-electron chi connectivity index (χ1n) is 9.08. The van der Waals surface area contributed by atoms with E-state index in [0.717, 1.165) is 12.8 Å². The average molecular weight is 363 g/mol. The van der Waals surface area contributed by atoms with Crippen LogP contribution in [0.25, 0.3) is 0 Å². The number of piperidine rings is 1. The lowest BCUT2D eigenvalue weighted by atomic mass is 9.85. The molecule has 2 fully saturated rings. The quantitative estimate of drug-likeness (QED) is 0.756. The molecule has 142 valence electrons. The van der Waals surface area contributed by atoms with Crippen LogP contribution in [0, 0.1) is 11.7 Å². The zero-order valence-corrected chi connectivity index (χ0v) is 15.8. The van der Waals surface area contributed by atoms with Crippen LogP contribution in [0.1, 0.15) is 56.8 Å². The maximum absolute atomic E-state index is 13.6. The van der Waals surface area contributed by atoms with Gasteiger partial charge in [0.05, 0.1) is 7.11 Å². The fourth-order valence-corrected chi connectivity index (χ4v) is 4.05. The van der Waals surface area contributed by atoms with E-state index in [1.807, 2.05) is 25.7 Å². The highest BCUT2D eigenvalue weighted by atomic mass is 19.1. The minimum absolute atomic E-state index is 0.0101. The molecule has 6 heteroatoms. The van der Waals surface area contributed by atoms with E-state index in [1.165, 1.54) is 25.3 Å². The first-order chi connectivity index (χ1) is 12.2. The predicted octanol–water partition coefficient (Wildman–Crippen LogP) is 4.20. The van der Waals surface area contributed by atoms with Crippen molar-refractivity contribution in [1.29, 1.82) is 0 Å². The third kappa shape index (κ3) is 3.69. The molecular formula is C20H26FNO4. The number of carbonyl (C=O) groups is 2. The number of rotatable bonds is 3. The van der Waals surface area contributed by atoms with Crippen LogP contribution in [0.5, 0.6) is 5.75 Å². The van der Waals surface area contributed by atoms with Crippen molar-refractivity contribution in [1.82, 2.24) is 4.90 Å². The maximum atomic E-state index is 13.6. The zero-order valence-electron chi connectivity index (χ0n) is 15.8. The summed E-state index contributed by atoms with van der Waals surface area (Å²) in [6.07, 6.45) is 2.72. The van der Waals surface area contributed by atoms with Gasteiger partial charge in [0.15, 0.2) is 17.3 Å². The van der Waals surface area contributed by atoms with E-state index in [4.69, 9.17) is 9.47 Å². The van der Waals surface area contributed by atoms with Gasteiger partial charge in [0, 0.05) is 23.6 Å². The lowest BCUT2D eigenvalue weighted by molar-refractivity contribution is 0.00254. The number of Topliss-reactive ketones (excluding diaryl/α,β-unsaturated/α-hetero) is 1. The number of halogens is 1. The molecule has 3 rings (SSSR count). The van der Waals surface area contributed by atoms with Gasteiger partial charge in [-0.1, -0.05) is 0 Å². The summed E-state index contributed by atoms with van der Waals surface area (Å²) in [7, 11) is 1.38. The van der Waals surface area contributed by atoms with Crippen LogP contribution in [-0.2, 0) is 4.74 Å². The first kappa shape index (κ1) is 18.7. The Morgan fingerprint density at radius 3 is 2.31 bits per heavy atom. The lowest BCUT2D eigenvalue weighted by Crippen LogP contribution is -2.49. The second-order valence-corrected chi connectivity index (χ2v) is 8.15. The molecule has 2 aliphatic rings. The second kappa shape index (κ2) is 6.89. The molecule has 2 atom stereocenters. The number of nitrogens with zero attached hydrogens (tertiary/aromatic N) is 1. The Bertz CT molecular complexity index is 698. The minimum Gasteiger partial charge on any atom is -0.494 e. The number of benzene rings is 1. The summed E-state index contributed by atoms with van der Waals surface area (Å²) < 4.78 is 24.1. The molecule has 2 bridgehead atoms. The topological polar surface area (TPSA) is 55.8 Å². The van der Waals surface area contributed by atoms with Crippen LogP contribution in [0.4, 0.5) is 9.18 Å². The van der Waals surface area contributed by atoms with Gasteiger partial charge in [-0.2, -0.15) is 0 Å². The molecule has 1 aromatic rings. The summed E-state index contributed by atoms with van der Waals surface area (Å²) in [6, 6.07) is 4.28. The number of methoxy groups -OCH3 is 1. The highest BCUT2D eigenvalue weighted by molar-refractivity contribution is 5.98. The van der Waals surface area contributed by atoms with E-state index in [0.29, 0.717) is 18.4 Å². The fraction of sp³-hybridized carbons (Fsp3) is 0.600. The van der Waals surface area contributed by atoms with Crippen LogP contribution in [0.15, 0.2) is 18.2 Å². The molecule has 0 aromatic heterocycles. The van der Waals surface area contributed by atoms with Crippen molar-refractivity contribution in [3.05, 3.63) is 29.6 Å². The van der Waals surface area contributed by atoms with Crippen molar-refractivity contribution in [2.75, 3.05) is 7.11 Å². The van der Waals surface area contributed by atoms with Crippen LogP contribution < -0.4 is 4.74 Å². The monoisotopic (exact) mass is 363 g/mol. The molecule has 0 radical (unpaired) electrons. The van der Waals surface area contributed by atoms with Crippen molar-refractivity contribution >= 4 is 11.9 Å². The largest absolute Gasteiger partial charge is 0.494 e. The fourth-order valence-electron chi connectivity index (χ4n) is 4.05. The Hall–Kier alpha value is -2.11. The van der Waals surface area contributed by atoms with Gasteiger partial charge in [-0.15, -0.1) is 0 Å². The standard InChI is InChI=1S/C20H26FNO4/c1-20(2,3)26-19(24)22-14-6-7-15(22)10-13(9-14)18(23)12-5-8-16(21)17(11-12)25-4/h5,8,11,13-15H,6-7,9-10H2,1-4H3. The zero-order chi connectivity index (χ0) is 19.1. The number of hydrogen-bond acceptors (Lipinski definition) is 4. The summed E-state index contributed by atoms with van der Waals surface area (Å²) in [5, 5.41) is 0. The van der Waals surface area contributed by atoms with E-state index in [2.05, 4.69) is 0 Å². The first-order valence-corrected chi connectivity index (χ1v) is 9.08. The number of amides is 1. The molecule has 5 nitrogen and oxygen atoms in total. The van der Waals surface area contributed by atoms with Crippen LogP contribution in [-0.4, -0.2) is 41.6 Å². The van der Waals surface area contributed by atoms with E-state index < -0.39 is 11.4 Å². The summed E-state index contributed by atoms with van der Waals surface area (Å²) in [4.78, 5) is 27.2. The second-order valence-electron chi connectivity index (χ2n) is 8.15. The van der Waals surface area contributed by atoms with Crippen molar-refractivity contribution in [2.24, 2.45) is 5.92 Å². The van der Waals surface area contributed by atoms with Crippen molar-refractivity contribution in [3.8, 4) is 5.75 Å². The minimum atomic E-state index is -0.534.